The van der Waals surface area contributed by atoms with E-state index in [9.17, 15) is 0 Å². The summed E-state index contributed by atoms with van der Waals surface area (Å²) in [7, 11) is 5.27. The van der Waals surface area contributed by atoms with Gasteiger partial charge in [0.05, 0.1) is 26.3 Å². The second-order valence-corrected chi connectivity index (χ2v) is 4.66. The van der Waals surface area contributed by atoms with Gasteiger partial charge >= 0.3 is 0 Å². The lowest BCUT2D eigenvalue weighted by molar-refractivity contribution is 0.304. The number of methoxy groups -OCH3 is 2. The highest BCUT2D eigenvalue weighted by Crippen LogP contribution is 2.28. The number of benzene rings is 1. The molecular formula is C15H22N2O2. The second kappa shape index (κ2) is 7.01. The Labute approximate surface area is 115 Å². The Morgan fingerprint density at radius 1 is 1.32 bits per heavy atom. The van der Waals surface area contributed by atoms with Crippen molar-refractivity contribution in [2.75, 3.05) is 27.8 Å². The third-order valence-electron chi connectivity index (χ3n) is 3.42. The van der Waals surface area contributed by atoms with Crippen LogP contribution in [0.25, 0.3) is 0 Å². The number of rotatable bonds is 6. The summed E-state index contributed by atoms with van der Waals surface area (Å²) in [6, 6.07) is 6.06. The van der Waals surface area contributed by atoms with Crippen LogP contribution >= 0.6 is 0 Å². The lowest BCUT2D eigenvalue weighted by atomic mass is 10.0. The molecular weight excluding hydrogens is 240 g/mol. The molecule has 0 aliphatic heterocycles. The Morgan fingerprint density at radius 3 is 2.53 bits per heavy atom. The molecule has 0 amide bonds. The van der Waals surface area contributed by atoms with Gasteiger partial charge in [-0.15, -0.1) is 0 Å². The standard InChI is InChI=1S/C15H22N2O2/c1-11-8-13(18-4)9-15(19-5)14(11)6-7-17(3)12(2)10-16/h8-9,12H,6-7H2,1-5H3. The number of nitrogens with zero attached hydrogens (tertiary/aromatic N) is 2. The van der Waals surface area contributed by atoms with Crippen LogP contribution in [-0.2, 0) is 6.42 Å². The molecule has 0 radical (unpaired) electrons. The van der Waals surface area contributed by atoms with E-state index in [1.807, 2.05) is 37.9 Å². The Hall–Kier alpha value is -1.73. The van der Waals surface area contributed by atoms with Gasteiger partial charge in [0.2, 0.25) is 0 Å². The Balaban J connectivity index is 2.86. The van der Waals surface area contributed by atoms with E-state index in [1.54, 1.807) is 14.2 Å². The zero-order valence-corrected chi connectivity index (χ0v) is 12.4. The highest BCUT2D eigenvalue weighted by molar-refractivity contribution is 5.46. The monoisotopic (exact) mass is 262 g/mol. The van der Waals surface area contributed by atoms with Crippen LogP contribution in [0.15, 0.2) is 12.1 Å². The third kappa shape index (κ3) is 3.87. The molecule has 1 aromatic carbocycles. The largest absolute Gasteiger partial charge is 0.497 e. The van der Waals surface area contributed by atoms with Crippen LogP contribution in [0.4, 0.5) is 0 Å². The van der Waals surface area contributed by atoms with Gasteiger partial charge in [0, 0.05) is 12.6 Å². The highest BCUT2D eigenvalue weighted by Gasteiger charge is 2.12. The Bertz CT molecular complexity index is 466. The molecule has 0 heterocycles. The predicted molar refractivity (Wildman–Crippen MR) is 75.7 cm³/mol. The predicted octanol–water partition coefficient (Wildman–Crippen LogP) is 2.40. The molecule has 1 aromatic rings. The van der Waals surface area contributed by atoms with E-state index >= 15 is 0 Å². The smallest absolute Gasteiger partial charge is 0.126 e. The van der Waals surface area contributed by atoms with Gasteiger partial charge in [-0.05, 0) is 44.5 Å². The molecule has 0 saturated carbocycles. The molecule has 1 atom stereocenters. The van der Waals surface area contributed by atoms with Crippen molar-refractivity contribution >= 4 is 0 Å². The first kappa shape index (κ1) is 15.3. The zero-order valence-electron chi connectivity index (χ0n) is 12.4. The van der Waals surface area contributed by atoms with Crippen LogP contribution in [0, 0.1) is 18.3 Å². The summed E-state index contributed by atoms with van der Waals surface area (Å²) in [5.41, 5.74) is 2.31. The van der Waals surface area contributed by atoms with Crippen LogP contribution in [-0.4, -0.2) is 38.8 Å². The van der Waals surface area contributed by atoms with Crippen molar-refractivity contribution in [3.05, 3.63) is 23.3 Å². The van der Waals surface area contributed by atoms with E-state index < -0.39 is 0 Å². The molecule has 0 fully saturated rings. The zero-order chi connectivity index (χ0) is 14.4. The molecule has 0 saturated heterocycles. The third-order valence-corrected chi connectivity index (χ3v) is 3.42. The molecule has 0 N–H and O–H groups in total. The first-order valence-electron chi connectivity index (χ1n) is 6.34. The van der Waals surface area contributed by atoms with Gasteiger partial charge in [0.25, 0.3) is 0 Å². The minimum atomic E-state index is -0.0791. The topological polar surface area (TPSA) is 45.5 Å². The molecule has 1 rings (SSSR count). The van der Waals surface area contributed by atoms with E-state index in [-0.39, 0.29) is 6.04 Å². The van der Waals surface area contributed by atoms with Gasteiger partial charge in [-0.1, -0.05) is 0 Å². The van der Waals surface area contributed by atoms with Crippen LogP contribution in [0.2, 0.25) is 0 Å². The van der Waals surface area contributed by atoms with Crippen molar-refractivity contribution in [3.63, 3.8) is 0 Å². The maximum absolute atomic E-state index is 8.89. The van der Waals surface area contributed by atoms with Gasteiger partial charge in [-0.3, -0.25) is 4.90 Å². The maximum Gasteiger partial charge on any atom is 0.126 e. The van der Waals surface area contributed by atoms with Gasteiger partial charge in [-0.25, -0.2) is 0 Å². The summed E-state index contributed by atoms with van der Waals surface area (Å²) in [5.74, 6) is 1.65. The van der Waals surface area contributed by atoms with Gasteiger partial charge < -0.3 is 9.47 Å². The lowest BCUT2D eigenvalue weighted by Crippen LogP contribution is -2.29. The lowest BCUT2D eigenvalue weighted by Gasteiger charge is -2.20. The molecule has 0 aromatic heterocycles. The SMILES string of the molecule is COc1cc(C)c(CCN(C)C(C)C#N)c(OC)c1. The fourth-order valence-electron chi connectivity index (χ4n) is 1.95. The summed E-state index contributed by atoms with van der Waals surface area (Å²) >= 11 is 0. The van der Waals surface area contributed by atoms with Crippen LogP contribution in [0.1, 0.15) is 18.1 Å². The van der Waals surface area contributed by atoms with Crippen molar-refractivity contribution in [2.24, 2.45) is 0 Å². The summed E-state index contributed by atoms with van der Waals surface area (Å²) < 4.78 is 10.7. The second-order valence-electron chi connectivity index (χ2n) is 4.66. The number of aryl methyl sites for hydroxylation is 1. The van der Waals surface area contributed by atoms with E-state index in [4.69, 9.17) is 14.7 Å². The molecule has 104 valence electrons. The van der Waals surface area contributed by atoms with Crippen molar-refractivity contribution in [2.45, 2.75) is 26.3 Å². The summed E-state index contributed by atoms with van der Waals surface area (Å²) in [4.78, 5) is 2.03. The molecule has 4 nitrogen and oxygen atoms in total. The van der Waals surface area contributed by atoms with Gasteiger partial charge in [0.1, 0.15) is 11.5 Å². The van der Waals surface area contributed by atoms with Crippen LogP contribution in [0.5, 0.6) is 11.5 Å². The van der Waals surface area contributed by atoms with E-state index in [2.05, 4.69) is 6.07 Å². The van der Waals surface area contributed by atoms with Crippen molar-refractivity contribution in [3.8, 4) is 17.6 Å². The average molecular weight is 262 g/mol. The van der Waals surface area contributed by atoms with E-state index in [0.717, 1.165) is 30.0 Å². The Kier molecular flexibility index (Phi) is 5.65. The molecule has 0 aliphatic rings. The van der Waals surface area contributed by atoms with Crippen molar-refractivity contribution < 1.29 is 9.47 Å². The minimum Gasteiger partial charge on any atom is -0.497 e. The number of likely N-dealkylation sites (N-methyl/N-ethyl adjacent to an activating group) is 1. The summed E-state index contributed by atoms with van der Waals surface area (Å²) in [6.07, 6.45) is 0.849. The first-order chi connectivity index (χ1) is 9.03. The fourth-order valence-corrected chi connectivity index (χ4v) is 1.95. The van der Waals surface area contributed by atoms with Crippen LogP contribution in [0.3, 0.4) is 0 Å². The van der Waals surface area contributed by atoms with Crippen molar-refractivity contribution in [1.82, 2.24) is 4.90 Å². The number of nitriles is 1. The fraction of sp³-hybridized carbons (Fsp3) is 0.533. The summed E-state index contributed by atoms with van der Waals surface area (Å²) in [6.45, 7) is 4.77. The van der Waals surface area contributed by atoms with E-state index in [0.29, 0.717) is 0 Å². The molecule has 0 bridgehead atoms. The molecule has 0 spiro atoms. The average Bonchev–Trinajstić information content (AvgIpc) is 2.43. The van der Waals surface area contributed by atoms with Crippen LogP contribution < -0.4 is 9.47 Å². The summed E-state index contributed by atoms with van der Waals surface area (Å²) in [5, 5.41) is 8.89. The first-order valence-corrected chi connectivity index (χ1v) is 6.34. The van der Waals surface area contributed by atoms with Crippen molar-refractivity contribution in [1.29, 1.82) is 5.26 Å². The molecule has 19 heavy (non-hydrogen) atoms. The van der Waals surface area contributed by atoms with Gasteiger partial charge in [0.15, 0.2) is 0 Å². The number of ether oxygens (including phenoxy) is 2. The Morgan fingerprint density at radius 2 is 2.00 bits per heavy atom. The molecule has 0 aliphatic carbocycles. The van der Waals surface area contributed by atoms with E-state index in [1.165, 1.54) is 5.56 Å². The normalized spacial score (nSPS) is 12.1. The van der Waals surface area contributed by atoms with Gasteiger partial charge in [-0.2, -0.15) is 5.26 Å². The minimum absolute atomic E-state index is 0.0791. The maximum atomic E-state index is 8.89. The highest BCUT2D eigenvalue weighted by atomic mass is 16.5. The molecule has 1 unspecified atom stereocenters. The quantitative estimate of drug-likeness (QED) is 0.789. The molecule has 4 heteroatoms. The number of hydrogen-bond acceptors (Lipinski definition) is 4. The number of hydrogen-bond donors (Lipinski definition) is 0.